The number of halogens is 2. The molecule has 1 atom stereocenters. The lowest BCUT2D eigenvalue weighted by Gasteiger charge is -2.20. The van der Waals surface area contributed by atoms with Crippen molar-refractivity contribution in [1.29, 1.82) is 0 Å². The Morgan fingerprint density at radius 2 is 1.88 bits per heavy atom. The summed E-state index contributed by atoms with van der Waals surface area (Å²) in [5, 5.41) is 7.24. The van der Waals surface area contributed by atoms with Crippen molar-refractivity contribution < 1.29 is 14.0 Å². The molecular weight excluding hydrogens is 333 g/mol. The van der Waals surface area contributed by atoms with Crippen molar-refractivity contribution in [3.63, 3.8) is 0 Å². The molecular formula is C17H13ClFN3O2. The van der Waals surface area contributed by atoms with E-state index in [2.05, 4.69) is 10.4 Å². The zero-order chi connectivity index (χ0) is 17.3. The molecule has 0 saturated carbocycles. The molecule has 1 N–H and O–H groups in total. The van der Waals surface area contributed by atoms with E-state index in [1.54, 1.807) is 31.2 Å². The van der Waals surface area contributed by atoms with Crippen molar-refractivity contribution in [2.45, 2.75) is 12.5 Å². The normalized spacial score (nSPS) is 20.7. The molecule has 122 valence electrons. The summed E-state index contributed by atoms with van der Waals surface area (Å²) >= 11 is 5.90. The van der Waals surface area contributed by atoms with E-state index in [1.807, 2.05) is 6.07 Å². The maximum atomic E-state index is 13.8. The van der Waals surface area contributed by atoms with Crippen LogP contribution in [0.1, 0.15) is 18.1 Å². The van der Waals surface area contributed by atoms with Gasteiger partial charge in [0.1, 0.15) is 11.4 Å². The SMILES string of the molecule is C[C@@]1(c2ccccc2)NC(=O)N(N=Cc2c(F)cccc2Cl)C1=O. The molecule has 3 rings (SSSR count). The number of nitrogens with zero attached hydrogens (tertiary/aromatic N) is 2. The first kappa shape index (κ1) is 16.1. The topological polar surface area (TPSA) is 61.8 Å². The van der Waals surface area contributed by atoms with Gasteiger partial charge in [-0.1, -0.05) is 48.0 Å². The van der Waals surface area contributed by atoms with Crippen molar-refractivity contribution in [2.75, 3.05) is 0 Å². The summed E-state index contributed by atoms with van der Waals surface area (Å²) in [5.74, 6) is -1.15. The van der Waals surface area contributed by atoms with Gasteiger partial charge in [0.15, 0.2) is 0 Å². The maximum Gasteiger partial charge on any atom is 0.346 e. The second-order valence-electron chi connectivity index (χ2n) is 5.42. The highest BCUT2D eigenvalue weighted by Crippen LogP contribution is 2.29. The number of hydrazone groups is 1. The lowest BCUT2D eigenvalue weighted by molar-refractivity contribution is -0.131. The van der Waals surface area contributed by atoms with Gasteiger partial charge in [-0.15, -0.1) is 5.01 Å². The van der Waals surface area contributed by atoms with Crippen LogP contribution in [0.5, 0.6) is 0 Å². The second-order valence-corrected chi connectivity index (χ2v) is 5.83. The molecule has 0 aromatic heterocycles. The highest BCUT2D eigenvalue weighted by atomic mass is 35.5. The average Bonchev–Trinajstić information content (AvgIpc) is 2.79. The molecule has 0 radical (unpaired) electrons. The van der Waals surface area contributed by atoms with E-state index in [1.165, 1.54) is 18.2 Å². The van der Waals surface area contributed by atoms with Gasteiger partial charge in [-0.05, 0) is 24.6 Å². The number of carbonyl (C=O) groups excluding carboxylic acids is 2. The predicted octanol–water partition coefficient (Wildman–Crippen LogP) is 3.28. The molecule has 0 bridgehead atoms. The van der Waals surface area contributed by atoms with Crippen LogP contribution in [0.15, 0.2) is 53.6 Å². The highest BCUT2D eigenvalue weighted by Gasteiger charge is 2.49. The minimum atomic E-state index is -1.23. The number of benzene rings is 2. The summed E-state index contributed by atoms with van der Waals surface area (Å²) < 4.78 is 13.8. The monoisotopic (exact) mass is 345 g/mol. The third-order valence-electron chi connectivity index (χ3n) is 3.82. The number of imide groups is 1. The minimum Gasteiger partial charge on any atom is -0.318 e. The molecule has 1 saturated heterocycles. The van der Waals surface area contributed by atoms with Crippen LogP contribution in [0.3, 0.4) is 0 Å². The Balaban J connectivity index is 1.92. The van der Waals surface area contributed by atoms with Crippen LogP contribution in [0.4, 0.5) is 9.18 Å². The van der Waals surface area contributed by atoms with E-state index in [9.17, 15) is 14.0 Å². The van der Waals surface area contributed by atoms with Gasteiger partial charge in [-0.2, -0.15) is 5.10 Å². The number of amides is 3. The Hall–Kier alpha value is -2.73. The fourth-order valence-electron chi connectivity index (χ4n) is 2.45. The van der Waals surface area contributed by atoms with E-state index in [-0.39, 0.29) is 10.6 Å². The molecule has 1 aliphatic heterocycles. The molecule has 3 amide bonds. The number of nitrogens with one attached hydrogen (secondary N) is 1. The number of hydrogen-bond acceptors (Lipinski definition) is 3. The largest absolute Gasteiger partial charge is 0.346 e. The van der Waals surface area contributed by atoms with E-state index in [0.29, 0.717) is 10.6 Å². The van der Waals surface area contributed by atoms with Gasteiger partial charge < -0.3 is 5.32 Å². The number of urea groups is 1. The average molecular weight is 346 g/mol. The zero-order valence-electron chi connectivity index (χ0n) is 12.7. The Morgan fingerprint density at radius 3 is 2.54 bits per heavy atom. The Labute approximate surface area is 142 Å². The third-order valence-corrected chi connectivity index (χ3v) is 4.15. The molecule has 1 fully saturated rings. The van der Waals surface area contributed by atoms with Crippen molar-refractivity contribution >= 4 is 29.8 Å². The van der Waals surface area contributed by atoms with Crippen molar-refractivity contribution in [1.82, 2.24) is 10.3 Å². The fourth-order valence-corrected chi connectivity index (χ4v) is 2.66. The molecule has 2 aromatic carbocycles. The Morgan fingerprint density at radius 1 is 1.17 bits per heavy atom. The van der Waals surface area contributed by atoms with E-state index in [0.717, 1.165) is 6.21 Å². The van der Waals surface area contributed by atoms with Crippen LogP contribution in [0, 0.1) is 5.82 Å². The first-order valence-corrected chi connectivity index (χ1v) is 7.51. The molecule has 1 heterocycles. The van der Waals surface area contributed by atoms with Gasteiger partial charge in [0.25, 0.3) is 5.91 Å². The lowest BCUT2D eigenvalue weighted by atomic mass is 9.92. The van der Waals surface area contributed by atoms with Crippen LogP contribution >= 0.6 is 11.6 Å². The molecule has 5 nitrogen and oxygen atoms in total. The molecule has 24 heavy (non-hydrogen) atoms. The lowest BCUT2D eigenvalue weighted by Crippen LogP contribution is -2.40. The first-order valence-electron chi connectivity index (χ1n) is 7.14. The molecule has 2 aromatic rings. The van der Waals surface area contributed by atoms with Crippen molar-refractivity contribution in [3.8, 4) is 0 Å². The highest BCUT2D eigenvalue weighted by molar-refractivity contribution is 6.33. The maximum absolute atomic E-state index is 13.8. The Bertz CT molecular complexity index is 821. The number of hydrogen-bond donors (Lipinski definition) is 1. The molecule has 0 spiro atoms. The third kappa shape index (κ3) is 2.65. The number of carbonyl (C=O) groups is 2. The first-order chi connectivity index (χ1) is 11.4. The summed E-state index contributed by atoms with van der Waals surface area (Å²) in [5.41, 5.74) is -0.590. The predicted molar refractivity (Wildman–Crippen MR) is 88.2 cm³/mol. The van der Waals surface area contributed by atoms with Crippen LogP contribution in [-0.2, 0) is 10.3 Å². The fraction of sp³-hybridized carbons (Fsp3) is 0.118. The standard InChI is InChI=1S/C17H13ClFN3O2/c1-17(11-6-3-2-4-7-11)15(23)22(16(24)21-17)20-10-12-13(18)8-5-9-14(12)19/h2-10H,1H3,(H,21,24)/t17-/m0/s1. The van der Waals surface area contributed by atoms with Gasteiger partial charge in [0.2, 0.25) is 0 Å². The number of rotatable bonds is 3. The summed E-state index contributed by atoms with van der Waals surface area (Å²) in [6.45, 7) is 1.59. The summed E-state index contributed by atoms with van der Waals surface area (Å²) in [6.07, 6.45) is 1.06. The zero-order valence-corrected chi connectivity index (χ0v) is 13.4. The summed E-state index contributed by atoms with van der Waals surface area (Å²) in [6, 6.07) is 12.3. The van der Waals surface area contributed by atoms with E-state index in [4.69, 9.17) is 11.6 Å². The van der Waals surface area contributed by atoms with Crippen LogP contribution in [0.2, 0.25) is 5.02 Å². The van der Waals surface area contributed by atoms with Crippen molar-refractivity contribution in [2.24, 2.45) is 5.10 Å². The van der Waals surface area contributed by atoms with E-state index < -0.39 is 23.3 Å². The van der Waals surface area contributed by atoms with Crippen LogP contribution in [0.25, 0.3) is 0 Å². The summed E-state index contributed by atoms with van der Waals surface area (Å²) in [7, 11) is 0. The molecule has 7 heteroatoms. The van der Waals surface area contributed by atoms with Gasteiger partial charge in [-0.25, -0.2) is 9.18 Å². The van der Waals surface area contributed by atoms with Gasteiger partial charge in [0.05, 0.1) is 11.2 Å². The summed E-state index contributed by atoms with van der Waals surface area (Å²) in [4.78, 5) is 24.7. The van der Waals surface area contributed by atoms with Crippen molar-refractivity contribution in [3.05, 3.63) is 70.5 Å². The Kier molecular flexibility index (Phi) is 4.07. The smallest absolute Gasteiger partial charge is 0.318 e. The van der Waals surface area contributed by atoms with Gasteiger partial charge >= 0.3 is 6.03 Å². The van der Waals surface area contributed by atoms with Gasteiger partial charge in [-0.3, -0.25) is 4.79 Å². The molecule has 0 aliphatic carbocycles. The minimum absolute atomic E-state index is 0.00748. The van der Waals surface area contributed by atoms with Crippen LogP contribution < -0.4 is 5.32 Å². The molecule has 0 unspecified atom stereocenters. The second kappa shape index (κ2) is 6.05. The quantitative estimate of drug-likeness (QED) is 0.685. The van der Waals surface area contributed by atoms with E-state index >= 15 is 0 Å². The van der Waals surface area contributed by atoms with Crippen LogP contribution in [-0.4, -0.2) is 23.2 Å². The molecule has 1 aliphatic rings. The van der Waals surface area contributed by atoms with Gasteiger partial charge in [0, 0.05) is 5.56 Å².